The Balaban J connectivity index is 0.000000605. The average Bonchev–Trinajstić information content (AvgIpc) is 1.86. The maximum absolute atomic E-state index is 10.6. The molecule has 2 N–H and O–H groups in total. The summed E-state index contributed by atoms with van der Waals surface area (Å²) in [6, 6.07) is 0. The Morgan fingerprint density at radius 1 is 1.36 bits per heavy atom. The number of morpholine rings is 1. The van der Waals surface area contributed by atoms with E-state index in [9.17, 15) is 4.79 Å². The van der Waals surface area contributed by atoms with Crippen LogP contribution in [0.2, 0.25) is 0 Å². The van der Waals surface area contributed by atoms with Crippen LogP contribution in [0.25, 0.3) is 0 Å². The summed E-state index contributed by atoms with van der Waals surface area (Å²) in [7, 11) is 0. The molecule has 1 amide bonds. The minimum Gasteiger partial charge on any atom is -0.361 e. The Bertz CT molecular complexity index is 158. The number of hydrogen-bond donors (Lipinski definition) is 2. The molecule has 64 valence electrons. The summed E-state index contributed by atoms with van der Waals surface area (Å²) in [5, 5.41) is 5.88. The molecular formula is C6H11ClN2O2. The monoisotopic (exact) mass is 178 g/mol. The Kier molecular flexibility index (Phi) is 2.37. The van der Waals surface area contributed by atoms with Gasteiger partial charge >= 0.3 is 0 Å². The molecule has 0 bridgehead atoms. The van der Waals surface area contributed by atoms with Crippen LogP contribution in [0.5, 0.6) is 0 Å². The number of hydrogen-bond acceptors (Lipinski definition) is 3. The van der Waals surface area contributed by atoms with Crippen molar-refractivity contribution >= 4 is 18.3 Å². The maximum Gasteiger partial charge on any atom is 0.246 e. The molecule has 0 saturated carbocycles. The van der Waals surface area contributed by atoms with Crippen molar-refractivity contribution in [2.75, 3.05) is 26.2 Å². The van der Waals surface area contributed by atoms with E-state index in [0.717, 1.165) is 13.1 Å². The van der Waals surface area contributed by atoms with Gasteiger partial charge in [-0.15, -0.1) is 12.4 Å². The summed E-state index contributed by atoms with van der Waals surface area (Å²) < 4.78 is 5.34. The summed E-state index contributed by atoms with van der Waals surface area (Å²) >= 11 is 0. The molecule has 0 radical (unpaired) electrons. The Morgan fingerprint density at radius 2 is 2.09 bits per heavy atom. The van der Waals surface area contributed by atoms with Gasteiger partial charge in [0.25, 0.3) is 0 Å². The third kappa shape index (κ3) is 1.47. The first-order chi connectivity index (χ1) is 4.81. The Morgan fingerprint density at radius 3 is 2.45 bits per heavy atom. The van der Waals surface area contributed by atoms with Crippen LogP contribution in [0.4, 0.5) is 0 Å². The van der Waals surface area contributed by atoms with E-state index in [1.807, 2.05) is 0 Å². The minimum atomic E-state index is -0.0616. The molecule has 0 atom stereocenters. The molecular weight excluding hydrogens is 168 g/mol. The molecule has 0 aliphatic carbocycles. The lowest BCUT2D eigenvalue weighted by Crippen LogP contribution is -2.69. The van der Waals surface area contributed by atoms with Gasteiger partial charge in [-0.3, -0.25) is 4.79 Å². The van der Waals surface area contributed by atoms with Gasteiger partial charge in [0, 0.05) is 19.6 Å². The van der Waals surface area contributed by atoms with Crippen LogP contribution in [-0.2, 0) is 9.53 Å². The standard InChI is InChI=1S/C6H10N2O2.ClH/c9-5-1-10-6(4-8-5)2-7-3-6;/h7H,1-4H2,(H,8,9);1H. The average molecular weight is 179 g/mol. The van der Waals surface area contributed by atoms with Crippen molar-refractivity contribution in [2.45, 2.75) is 5.60 Å². The fraction of sp³-hybridized carbons (Fsp3) is 0.833. The topological polar surface area (TPSA) is 50.4 Å². The lowest BCUT2D eigenvalue weighted by Gasteiger charge is -2.44. The number of carbonyl (C=O) groups is 1. The van der Waals surface area contributed by atoms with Gasteiger partial charge in [0.1, 0.15) is 12.2 Å². The molecule has 0 aromatic heterocycles. The molecule has 2 aliphatic heterocycles. The van der Waals surface area contributed by atoms with Crippen molar-refractivity contribution in [1.29, 1.82) is 0 Å². The van der Waals surface area contributed by atoms with Gasteiger partial charge in [0.2, 0.25) is 5.91 Å². The van der Waals surface area contributed by atoms with Crippen LogP contribution >= 0.6 is 12.4 Å². The van der Waals surface area contributed by atoms with E-state index >= 15 is 0 Å². The van der Waals surface area contributed by atoms with Crippen LogP contribution in [0.3, 0.4) is 0 Å². The molecule has 11 heavy (non-hydrogen) atoms. The Labute approximate surface area is 71.1 Å². The number of rotatable bonds is 0. The lowest BCUT2D eigenvalue weighted by molar-refractivity contribution is -0.150. The van der Waals surface area contributed by atoms with Crippen molar-refractivity contribution < 1.29 is 9.53 Å². The highest BCUT2D eigenvalue weighted by atomic mass is 35.5. The maximum atomic E-state index is 10.6. The molecule has 0 unspecified atom stereocenters. The second-order valence-corrected chi connectivity index (χ2v) is 2.85. The van der Waals surface area contributed by atoms with Crippen molar-refractivity contribution in [3.05, 3.63) is 0 Å². The van der Waals surface area contributed by atoms with Crippen LogP contribution < -0.4 is 10.6 Å². The predicted molar refractivity (Wildman–Crippen MR) is 41.8 cm³/mol. The normalized spacial score (nSPS) is 26.7. The van der Waals surface area contributed by atoms with Crippen molar-refractivity contribution in [3.63, 3.8) is 0 Å². The van der Waals surface area contributed by atoms with Gasteiger partial charge in [-0.1, -0.05) is 0 Å². The molecule has 2 fully saturated rings. The van der Waals surface area contributed by atoms with Gasteiger partial charge in [0.15, 0.2) is 0 Å². The van der Waals surface area contributed by atoms with Crippen LogP contribution in [-0.4, -0.2) is 37.7 Å². The largest absolute Gasteiger partial charge is 0.361 e. The molecule has 2 rings (SSSR count). The predicted octanol–water partition coefficient (Wildman–Crippen LogP) is -1.10. The first-order valence-electron chi connectivity index (χ1n) is 3.42. The van der Waals surface area contributed by atoms with E-state index in [-0.39, 0.29) is 30.5 Å². The highest BCUT2D eigenvalue weighted by Crippen LogP contribution is 2.17. The van der Waals surface area contributed by atoms with E-state index in [1.165, 1.54) is 0 Å². The van der Waals surface area contributed by atoms with Gasteiger partial charge in [-0.05, 0) is 0 Å². The number of ether oxygens (including phenoxy) is 1. The highest BCUT2D eigenvalue weighted by Gasteiger charge is 2.41. The number of halogens is 1. The zero-order valence-electron chi connectivity index (χ0n) is 6.05. The van der Waals surface area contributed by atoms with E-state index in [4.69, 9.17) is 4.74 Å². The van der Waals surface area contributed by atoms with E-state index in [1.54, 1.807) is 0 Å². The summed E-state index contributed by atoms with van der Waals surface area (Å²) in [6.07, 6.45) is 0. The summed E-state index contributed by atoms with van der Waals surface area (Å²) in [6.45, 7) is 2.63. The highest BCUT2D eigenvalue weighted by molar-refractivity contribution is 5.85. The molecule has 2 aliphatic rings. The van der Waals surface area contributed by atoms with E-state index < -0.39 is 0 Å². The molecule has 0 aromatic rings. The number of amides is 1. The summed E-state index contributed by atoms with van der Waals surface area (Å²) in [4.78, 5) is 10.6. The van der Waals surface area contributed by atoms with E-state index in [0.29, 0.717) is 6.54 Å². The van der Waals surface area contributed by atoms with Crippen molar-refractivity contribution in [3.8, 4) is 0 Å². The van der Waals surface area contributed by atoms with Crippen LogP contribution in [0.1, 0.15) is 0 Å². The number of carbonyl (C=O) groups excluding carboxylic acids is 1. The van der Waals surface area contributed by atoms with E-state index in [2.05, 4.69) is 10.6 Å². The summed E-state index contributed by atoms with van der Waals surface area (Å²) in [5.74, 6) is -0.00229. The van der Waals surface area contributed by atoms with Crippen LogP contribution in [0, 0.1) is 0 Å². The minimum absolute atomic E-state index is 0. The number of nitrogens with one attached hydrogen (secondary N) is 2. The van der Waals surface area contributed by atoms with Crippen LogP contribution in [0.15, 0.2) is 0 Å². The third-order valence-electron chi connectivity index (χ3n) is 2.01. The fourth-order valence-corrected chi connectivity index (χ4v) is 1.21. The SMILES string of the molecule is Cl.O=C1COC2(CNC2)CN1. The molecule has 2 heterocycles. The van der Waals surface area contributed by atoms with Gasteiger partial charge in [0.05, 0.1) is 0 Å². The molecule has 1 spiro atoms. The smallest absolute Gasteiger partial charge is 0.246 e. The molecule has 5 heteroatoms. The quantitative estimate of drug-likeness (QED) is 0.495. The first-order valence-corrected chi connectivity index (χ1v) is 3.42. The summed E-state index contributed by atoms with van der Waals surface area (Å²) in [5.41, 5.74) is -0.0616. The fourth-order valence-electron chi connectivity index (χ4n) is 1.21. The van der Waals surface area contributed by atoms with Crippen molar-refractivity contribution in [2.24, 2.45) is 0 Å². The van der Waals surface area contributed by atoms with Crippen molar-refractivity contribution in [1.82, 2.24) is 10.6 Å². The third-order valence-corrected chi connectivity index (χ3v) is 2.01. The zero-order chi connectivity index (χ0) is 7.03. The zero-order valence-corrected chi connectivity index (χ0v) is 6.87. The second kappa shape index (κ2) is 2.97. The lowest BCUT2D eigenvalue weighted by atomic mass is 9.96. The second-order valence-electron chi connectivity index (χ2n) is 2.85. The molecule has 0 aromatic carbocycles. The molecule has 4 nitrogen and oxygen atoms in total. The Hall–Kier alpha value is -0.320. The van der Waals surface area contributed by atoms with Gasteiger partial charge in [-0.25, -0.2) is 0 Å². The van der Waals surface area contributed by atoms with Gasteiger partial charge in [-0.2, -0.15) is 0 Å². The molecule has 2 saturated heterocycles. The van der Waals surface area contributed by atoms with Gasteiger partial charge < -0.3 is 15.4 Å². The first kappa shape index (κ1) is 8.77.